The van der Waals surface area contributed by atoms with Crippen molar-refractivity contribution >= 4 is 64.2 Å². The molecule has 0 spiro atoms. The van der Waals surface area contributed by atoms with E-state index in [1.54, 1.807) is 30.3 Å². The van der Waals surface area contributed by atoms with Crippen LogP contribution < -0.4 is 10.1 Å². The zero-order chi connectivity index (χ0) is 19.3. The highest BCUT2D eigenvalue weighted by molar-refractivity contribution is 6.47. The highest BCUT2D eigenvalue weighted by atomic mass is 35.5. The first-order valence-electron chi connectivity index (χ1n) is 7.13. The minimum Gasteiger partial charge on any atom is -0.490 e. The Morgan fingerprint density at radius 1 is 1.08 bits per heavy atom. The normalized spacial score (nSPS) is 10.2. The molecule has 0 saturated carbocycles. The Kier molecular flexibility index (Phi) is 7.17. The summed E-state index contributed by atoms with van der Waals surface area (Å²) in [5.41, 5.74) is 0.238. The molecule has 0 saturated heterocycles. The van der Waals surface area contributed by atoms with Gasteiger partial charge in [0.05, 0.1) is 20.6 Å². The summed E-state index contributed by atoms with van der Waals surface area (Å²) in [6.07, 6.45) is 1.61. The van der Waals surface area contributed by atoms with Gasteiger partial charge in [-0.15, -0.1) is 0 Å². The van der Waals surface area contributed by atoms with Crippen LogP contribution in [0.25, 0.3) is 0 Å². The van der Waals surface area contributed by atoms with Crippen LogP contribution in [0.2, 0.25) is 15.1 Å². The summed E-state index contributed by atoms with van der Waals surface area (Å²) in [5, 5.41) is 2.51. The number of nitrogens with zero attached hydrogens (tertiary/aromatic N) is 1. The number of urea groups is 1. The average molecular weight is 434 g/mol. The van der Waals surface area contributed by atoms with Crippen molar-refractivity contribution in [2.45, 2.75) is 0 Å². The van der Waals surface area contributed by atoms with Gasteiger partial charge >= 0.3 is 6.03 Å². The molecule has 0 bridgehead atoms. The van der Waals surface area contributed by atoms with Crippen LogP contribution in [0.3, 0.4) is 0 Å². The van der Waals surface area contributed by atoms with Crippen LogP contribution in [-0.4, -0.2) is 23.0 Å². The summed E-state index contributed by atoms with van der Waals surface area (Å²) >= 11 is 23.7. The van der Waals surface area contributed by atoms with Gasteiger partial charge in [0.2, 0.25) is 0 Å². The number of carbonyl (C=O) groups excluding carboxylic acids is 2. The molecule has 2 aromatic carbocycles. The summed E-state index contributed by atoms with van der Waals surface area (Å²) in [6, 6.07) is 8.39. The fourth-order valence-corrected chi connectivity index (χ4v) is 2.69. The minimum absolute atomic E-state index is 0.0200. The first-order valence-corrected chi connectivity index (χ1v) is 8.60. The van der Waals surface area contributed by atoms with Crippen molar-refractivity contribution in [1.29, 1.82) is 0 Å². The van der Waals surface area contributed by atoms with Crippen LogP contribution in [0.5, 0.6) is 5.75 Å². The van der Waals surface area contributed by atoms with Gasteiger partial charge < -0.3 is 10.1 Å². The third kappa shape index (κ3) is 4.83. The molecule has 0 radical (unpaired) electrons. The Morgan fingerprint density at radius 2 is 1.69 bits per heavy atom. The number of rotatable bonds is 5. The predicted octanol–water partition coefficient (Wildman–Crippen LogP) is 6.04. The van der Waals surface area contributed by atoms with Gasteiger partial charge in [0.1, 0.15) is 12.4 Å². The second kappa shape index (κ2) is 9.14. The summed E-state index contributed by atoms with van der Waals surface area (Å²) < 4.78 is 5.67. The van der Waals surface area contributed by atoms with Gasteiger partial charge in [-0.25, -0.2) is 4.79 Å². The lowest BCUT2D eigenvalue weighted by Crippen LogP contribution is -2.32. The minimum atomic E-state index is -0.910. The third-order valence-electron chi connectivity index (χ3n) is 3.09. The molecule has 0 aliphatic heterocycles. The van der Waals surface area contributed by atoms with Crippen molar-refractivity contribution in [2.75, 3.05) is 11.9 Å². The Bertz CT molecular complexity index is 841. The van der Waals surface area contributed by atoms with E-state index in [1.807, 2.05) is 0 Å². The molecule has 0 atom stereocenters. The van der Waals surface area contributed by atoms with E-state index in [-0.39, 0.29) is 20.6 Å². The van der Waals surface area contributed by atoms with Crippen molar-refractivity contribution in [3.8, 4) is 5.75 Å². The highest BCUT2D eigenvalue weighted by Gasteiger charge is 2.26. The zero-order valence-electron chi connectivity index (χ0n) is 13.1. The number of halogens is 4. The average Bonchev–Trinajstić information content (AvgIpc) is 2.63. The van der Waals surface area contributed by atoms with Crippen LogP contribution in [-0.2, 0) is 0 Å². The van der Waals surface area contributed by atoms with Crippen LogP contribution in [0.4, 0.5) is 10.5 Å². The van der Waals surface area contributed by atoms with Gasteiger partial charge in [0, 0.05) is 17.5 Å². The van der Waals surface area contributed by atoms with Gasteiger partial charge in [-0.05, 0) is 36.4 Å². The van der Waals surface area contributed by atoms with E-state index in [9.17, 15) is 9.59 Å². The molecule has 0 aromatic heterocycles. The van der Waals surface area contributed by atoms with Crippen molar-refractivity contribution < 1.29 is 14.3 Å². The molecule has 136 valence electrons. The molecule has 0 fully saturated rings. The SMILES string of the molecule is C=CCOc1ccc(NC(=O)N(Cl)C(=O)c2c(Cl)ccc(Cl)c2Cl)cc1. The lowest BCUT2D eigenvalue weighted by molar-refractivity contribution is 0.0894. The van der Waals surface area contributed by atoms with Gasteiger partial charge in [0.15, 0.2) is 0 Å². The van der Waals surface area contributed by atoms with Crippen molar-refractivity contribution in [1.82, 2.24) is 4.42 Å². The maximum Gasteiger partial charge on any atom is 0.343 e. The fourth-order valence-electron chi connectivity index (χ4n) is 1.88. The zero-order valence-corrected chi connectivity index (χ0v) is 16.2. The number of imide groups is 1. The van der Waals surface area contributed by atoms with E-state index in [0.717, 1.165) is 0 Å². The first kappa shape index (κ1) is 20.4. The van der Waals surface area contributed by atoms with E-state index >= 15 is 0 Å². The van der Waals surface area contributed by atoms with Gasteiger partial charge in [-0.1, -0.05) is 47.5 Å². The van der Waals surface area contributed by atoms with Gasteiger partial charge in [-0.3, -0.25) is 4.79 Å². The molecular weight excluding hydrogens is 422 g/mol. The van der Waals surface area contributed by atoms with E-state index in [0.29, 0.717) is 22.5 Å². The van der Waals surface area contributed by atoms with Crippen LogP contribution in [0, 0.1) is 0 Å². The molecule has 0 aliphatic carbocycles. The molecule has 5 nitrogen and oxygen atoms in total. The number of nitrogens with one attached hydrogen (secondary N) is 1. The van der Waals surface area contributed by atoms with Crippen molar-refractivity contribution in [2.24, 2.45) is 0 Å². The molecule has 0 aliphatic rings. The predicted molar refractivity (Wildman–Crippen MR) is 105 cm³/mol. The molecule has 2 rings (SSSR count). The van der Waals surface area contributed by atoms with Gasteiger partial charge in [0.25, 0.3) is 5.91 Å². The number of anilines is 1. The number of amides is 3. The molecule has 0 unspecified atom stereocenters. The molecule has 1 N–H and O–H groups in total. The maximum absolute atomic E-state index is 12.4. The third-order valence-corrected chi connectivity index (χ3v) is 4.51. The Hall–Kier alpha value is -1.92. The van der Waals surface area contributed by atoms with Gasteiger partial charge in [-0.2, -0.15) is 4.42 Å². The number of benzene rings is 2. The van der Waals surface area contributed by atoms with Crippen molar-refractivity contribution in [3.05, 3.63) is 69.7 Å². The molecule has 0 heterocycles. The van der Waals surface area contributed by atoms with E-state index < -0.39 is 11.9 Å². The highest BCUT2D eigenvalue weighted by Crippen LogP contribution is 2.32. The standard InChI is InChI=1S/C17H12Cl4N2O3/c1-2-9-26-11-5-3-10(4-6-11)22-17(25)23(21)16(24)14-12(18)7-8-13(19)15(14)20/h2-8H,1,9H2,(H,22,25). The van der Waals surface area contributed by atoms with E-state index in [1.165, 1.54) is 12.1 Å². The Morgan fingerprint density at radius 3 is 2.31 bits per heavy atom. The second-order valence-electron chi connectivity index (χ2n) is 4.86. The molecule has 9 heteroatoms. The second-order valence-corrected chi connectivity index (χ2v) is 6.39. The Balaban J connectivity index is 2.11. The summed E-state index contributed by atoms with van der Waals surface area (Å²) in [5.74, 6) is -0.313. The summed E-state index contributed by atoms with van der Waals surface area (Å²) in [4.78, 5) is 24.6. The molecular formula is C17H12Cl4N2O3. The number of hydrogen-bond acceptors (Lipinski definition) is 3. The quantitative estimate of drug-likeness (QED) is 0.355. The van der Waals surface area contributed by atoms with E-state index in [2.05, 4.69) is 11.9 Å². The Labute approximate surface area is 170 Å². The topological polar surface area (TPSA) is 58.6 Å². The summed E-state index contributed by atoms with van der Waals surface area (Å²) in [7, 11) is 0. The molecule has 2 aromatic rings. The number of hydrogen-bond donors (Lipinski definition) is 1. The van der Waals surface area contributed by atoms with Crippen molar-refractivity contribution in [3.63, 3.8) is 0 Å². The monoisotopic (exact) mass is 432 g/mol. The van der Waals surface area contributed by atoms with Crippen LogP contribution >= 0.6 is 46.6 Å². The molecule has 3 amide bonds. The largest absolute Gasteiger partial charge is 0.490 e. The maximum atomic E-state index is 12.4. The lowest BCUT2D eigenvalue weighted by atomic mass is 10.2. The molecule has 26 heavy (non-hydrogen) atoms. The van der Waals surface area contributed by atoms with Crippen LogP contribution in [0.15, 0.2) is 49.1 Å². The lowest BCUT2D eigenvalue weighted by Gasteiger charge is -2.15. The van der Waals surface area contributed by atoms with Crippen LogP contribution in [0.1, 0.15) is 10.4 Å². The van der Waals surface area contributed by atoms with E-state index in [4.69, 9.17) is 51.3 Å². The first-order chi connectivity index (χ1) is 12.3. The smallest absolute Gasteiger partial charge is 0.343 e. The number of carbonyl (C=O) groups is 2. The fraction of sp³-hybridized carbons (Fsp3) is 0.0588. The summed E-state index contributed by atoms with van der Waals surface area (Å²) in [6.45, 7) is 3.91. The number of ether oxygens (including phenoxy) is 1.